The van der Waals surface area contributed by atoms with Gasteiger partial charge in [0.05, 0.1) is 12.5 Å². The quantitative estimate of drug-likeness (QED) is 0.408. The predicted octanol–water partition coefficient (Wildman–Crippen LogP) is 5.09. The Balaban J connectivity index is 2.02. The van der Waals surface area contributed by atoms with Gasteiger partial charge in [-0.2, -0.15) is 0 Å². The molecule has 0 atom stereocenters. The number of methoxy groups -OCH3 is 1. The van der Waals surface area contributed by atoms with Gasteiger partial charge < -0.3 is 4.74 Å². The number of rotatable bonds is 5. The van der Waals surface area contributed by atoms with E-state index in [4.69, 9.17) is 4.74 Å². The Kier molecular flexibility index (Phi) is 6.35. The van der Waals surface area contributed by atoms with Crippen molar-refractivity contribution in [1.82, 2.24) is 0 Å². The van der Waals surface area contributed by atoms with Crippen molar-refractivity contribution < 1.29 is 9.53 Å². The second-order valence-corrected chi connectivity index (χ2v) is 12.0. The number of carbonyl (C=O) groups is 1. The van der Waals surface area contributed by atoms with Gasteiger partial charge in [0.2, 0.25) is 0 Å². The average molecular weight is 441 g/mol. The van der Waals surface area contributed by atoms with Crippen LogP contribution < -0.4 is 15.9 Å². The Hall–Kier alpha value is -3.09. The number of carbonyl (C=O) groups excluding carboxylic acids is 1. The summed E-state index contributed by atoms with van der Waals surface area (Å²) in [5, 5.41) is 5.21. The molecule has 162 valence electrons. The van der Waals surface area contributed by atoms with Gasteiger partial charge in [0.25, 0.3) is 0 Å². The molecule has 0 fully saturated rings. The average Bonchev–Trinajstić information content (AvgIpc) is 2.86. The number of allylic oxidation sites excluding steroid dienone is 4. The van der Waals surface area contributed by atoms with E-state index >= 15 is 0 Å². The first-order valence-corrected chi connectivity index (χ1v) is 12.7. The fourth-order valence-corrected chi connectivity index (χ4v) is 8.74. The van der Waals surface area contributed by atoms with E-state index in [1.54, 1.807) is 0 Å². The summed E-state index contributed by atoms with van der Waals surface area (Å²) in [6.07, 6.45) is 8.79. The van der Waals surface area contributed by atoms with E-state index in [1.165, 1.54) is 28.3 Å². The van der Waals surface area contributed by atoms with Gasteiger partial charge in [-0.1, -0.05) is 115 Å². The van der Waals surface area contributed by atoms with Crippen molar-refractivity contribution in [3.63, 3.8) is 0 Å². The fourth-order valence-electron chi connectivity index (χ4n) is 4.48. The molecular formula is C29H29O2P. The molecule has 0 saturated heterocycles. The Bertz CT molecular complexity index is 1070. The first-order chi connectivity index (χ1) is 15.5. The summed E-state index contributed by atoms with van der Waals surface area (Å²) in [4.78, 5) is 12.4. The molecule has 1 aliphatic carbocycles. The molecule has 3 heteroatoms. The van der Waals surface area contributed by atoms with E-state index in [-0.39, 0.29) is 11.9 Å². The molecule has 2 nitrogen and oxygen atoms in total. The highest BCUT2D eigenvalue weighted by atomic mass is 31.2. The zero-order valence-corrected chi connectivity index (χ0v) is 19.7. The van der Waals surface area contributed by atoms with Crippen LogP contribution in [-0.2, 0) is 9.53 Å². The van der Waals surface area contributed by atoms with Crippen molar-refractivity contribution in [3.05, 3.63) is 115 Å². The minimum absolute atomic E-state index is 0.0251. The minimum atomic E-state index is -2.11. The number of ether oxygens (including phenoxy) is 1. The highest BCUT2D eigenvalue weighted by Gasteiger charge is 2.37. The SMILES string of the molecule is COC(=O)C(C)(C)C1C=CC(=P(c2ccccc2)(c2ccccc2)c2ccccc2)C=C1. The number of esters is 1. The zero-order valence-electron chi connectivity index (χ0n) is 18.8. The van der Waals surface area contributed by atoms with E-state index in [2.05, 4.69) is 115 Å². The minimum Gasteiger partial charge on any atom is -0.469 e. The van der Waals surface area contributed by atoms with Crippen LogP contribution in [0.3, 0.4) is 0 Å². The maximum absolute atomic E-state index is 12.4. The summed E-state index contributed by atoms with van der Waals surface area (Å²) < 4.78 is 5.06. The number of hydrogen-bond donors (Lipinski definition) is 0. The van der Waals surface area contributed by atoms with Crippen LogP contribution in [0, 0.1) is 11.3 Å². The van der Waals surface area contributed by atoms with Crippen molar-refractivity contribution in [2.75, 3.05) is 7.11 Å². The maximum atomic E-state index is 12.4. The van der Waals surface area contributed by atoms with E-state index in [0.717, 1.165) is 0 Å². The smallest absolute Gasteiger partial charge is 0.312 e. The van der Waals surface area contributed by atoms with Crippen LogP contribution in [-0.4, -0.2) is 18.4 Å². The lowest BCUT2D eigenvalue weighted by Gasteiger charge is -2.34. The third-order valence-electron chi connectivity index (χ3n) is 6.31. The Morgan fingerprint density at radius 1 is 0.719 bits per heavy atom. The summed E-state index contributed by atoms with van der Waals surface area (Å²) in [6, 6.07) is 32.4. The number of benzene rings is 3. The molecular weight excluding hydrogens is 411 g/mol. The summed E-state index contributed by atoms with van der Waals surface area (Å²) in [6.45, 7) is 1.77. The zero-order chi connectivity index (χ0) is 22.6. The second-order valence-electron chi connectivity index (χ2n) is 8.56. The standard InChI is InChI=1S/C29H29O2P/c1-29(2,28(30)31-3)23-19-21-27(22-20-23)32(24-13-7-4-8-14-24,25-15-9-5-10-16-25)26-17-11-6-12-18-26/h4-23H,1-3H3. The van der Waals surface area contributed by atoms with Gasteiger partial charge in [0.15, 0.2) is 0 Å². The summed E-state index contributed by atoms with van der Waals surface area (Å²) in [7, 11) is 1.45. The molecule has 0 aromatic heterocycles. The third kappa shape index (κ3) is 3.80. The Labute approximate surface area is 191 Å². The molecule has 0 aliphatic heterocycles. The lowest BCUT2D eigenvalue weighted by Crippen LogP contribution is -2.34. The largest absolute Gasteiger partial charge is 0.469 e. The van der Waals surface area contributed by atoms with Gasteiger partial charge in [0, 0.05) is 5.92 Å². The van der Waals surface area contributed by atoms with Crippen LogP contribution in [0.15, 0.2) is 115 Å². The Morgan fingerprint density at radius 3 is 1.44 bits per heavy atom. The van der Waals surface area contributed by atoms with Gasteiger partial charge >= 0.3 is 5.97 Å². The maximum Gasteiger partial charge on any atom is 0.312 e. The van der Waals surface area contributed by atoms with Crippen LogP contribution in [0.25, 0.3) is 0 Å². The Morgan fingerprint density at radius 2 is 1.09 bits per heavy atom. The molecule has 0 radical (unpaired) electrons. The fraction of sp³-hybridized carbons (Fsp3) is 0.172. The predicted molar refractivity (Wildman–Crippen MR) is 138 cm³/mol. The highest BCUT2D eigenvalue weighted by Crippen LogP contribution is 2.48. The van der Waals surface area contributed by atoms with Crippen LogP contribution in [0.1, 0.15) is 13.8 Å². The molecule has 0 spiro atoms. The van der Waals surface area contributed by atoms with Crippen molar-refractivity contribution in [2.24, 2.45) is 11.3 Å². The van der Waals surface area contributed by atoms with E-state index in [0.29, 0.717) is 0 Å². The van der Waals surface area contributed by atoms with Gasteiger partial charge in [-0.3, -0.25) is 4.79 Å². The molecule has 0 heterocycles. The molecule has 0 saturated carbocycles. The molecule has 0 bridgehead atoms. The van der Waals surface area contributed by atoms with Gasteiger partial charge in [0.1, 0.15) is 0 Å². The van der Waals surface area contributed by atoms with Gasteiger partial charge in [-0.15, -0.1) is 0 Å². The van der Waals surface area contributed by atoms with E-state index in [1.807, 2.05) is 13.8 Å². The normalized spacial score (nSPS) is 14.4. The summed E-state index contributed by atoms with van der Waals surface area (Å²) >= 11 is 0. The number of hydrogen-bond acceptors (Lipinski definition) is 2. The van der Waals surface area contributed by atoms with Crippen LogP contribution in [0.5, 0.6) is 0 Å². The van der Waals surface area contributed by atoms with Crippen molar-refractivity contribution in [1.29, 1.82) is 0 Å². The van der Waals surface area contributed by atoms with Gasteiger partial charge in [-0.05, 0) is 41.9 Å². The van der Waals surface area contributed by atoms with Crippen molar-refractivity contribution >= 4 is 34.1 Å². The molecule has 0 unspecified atom stereocenters. The summed E-state index contributed by atoms with van der Waals surface area (Å²) in [5.41, 5.74) is -0.624. The molecule has 4 rings (SSSR count). The molecule has 3 aromatic rings. The van der Waals surface area contributed by atoms with E-state index in [9.17, 15) is 4.79 Å². The van der Waals surface area contributed by atoms with Crippen molar-refractivity contribution in [3.8, 4) is 0 Å². The first kappa shape index (κ1) is 22.1. The highest BCUT2D eigenvalue weighted by molar-refractivity contribution is 7.95. The molecule has 1 aliphatic rings. The van der Waals surface area contributed by atoms with Crippen molar-refractivity contribution in [2.45, 2.75) is 13.8 Å². The van der Waals surface area contributed by atoms with Crippen LogP contribution in [0.2, 0.25) is 0 Å². The van der Waals surface area contributed by atoms with E-state index < -0.39 is 12.3 Å². The topological polar surface area (TPSA) is 26.3 Å². The lowest BCUT2D eigenvalue weighted by molar-refractivity contribution is -0.152. The van der Waals surface area contributed by atoms with Gasteiger partial charge in [-0.25, -0.2) is 0 Å². The third-order valence-corrected chi connectivity index (χ3v) is 10.6. The molecule has 0 N–H and O–H groups in total. The summed E-state index contributed by atoms with van der Waals surface area (Å²) in [5.74, 6) is -0.224. The van der Waals surface area contributed by atoms with Crippen LogP contribution in [0.4, 0.5) is 0 Å². The first-order valence-electron chi connectivity index (χ1n) is 10.9. The molecule has 32 heavy (non-hydrogen) atoms. The molecule has 3 aromatic carbocycles. The second kappa shape index (κ2) is 9.18. The monoisotopic (exact) mass is 440 g/mol. The lowest BCUT2D eigenvalue weighted by atomic mass is 9.77. The van der Waals surface area contributed by atoms with Crippen LogP contribution >= 0.6 is 6.89 Å². The molecule has 0 amide bonds.